The summed E-state index contributed by atoms with van der Waals surface area (Å²) in [5.41, 5.74) is 1.21. The van der Waals surface area contributed by atoms with Crippen LogP contribution in [0.4, 0.5) is 0 Å². The van der Waals surface area contributed by atoms with Crippen LogP contribution in [0.25, 0.3) is 0 Å². The minimum atomic E-state index is 0. The van der Waals surface area contributed by atoms with Gasteiger partial charge in [-0.15, -0.1) is 24.3 Å². The molecule has 2 aromatic carbocycles. The van der Waals surface area contributed by atoms with Crippen molar-refractivity contribution in [2.24, 2.45) is 0 Å². The summed E-state index contributed by atoms with van der Waals surface area (Å²) in [6.07, 6.45) is 3.55. The summed E-state index contributed by atoms with van der Waals surface area (Å²) in [5, 5.41) is 12.0. The molecule has 0 saturated heterocycles. The van der Waals surface area contributed by atoms with E-state index >= 15 is 0 Å². The molecule has 0 unspecified atom stereocenters. The summed E-state index contributed by atoms with van der Waals surface area (Å²) in [4.78, 5) is 19.8. The van der Waals surface area contributed by atoms with E-state index in [4.69, 9.17) is 10.5 Å². The Labute approximate surface area is 121 Å². The molecule has 0 amide bonds. The van der Waals surface area contributed by atoms with Crippen molar-refractivity contribution in [2.45, 2.75) is 0 Å². The van der Waals surface area contributed by atoms with E-state index in [0.717, 1.165) is 0 Å². The van der Waals surface area contributed by atoms with Crippen LogP contribution in [0.15, 0.2) is 60.7 Å². The molecule has 0 atom stereocenters. The summed E-state index contributed by atoms with van der Waals surface area (Å²) < 4.78 is 0. The van der Waals surface area contributed by atoms with Crippen LogP contribution in [0, 0.1) is 0 Å². The predicted molar refractivity (Wildman–Crippen MR) is 67.7 cm³/mol. The van der Waals surface area contributed by atoms with Crippen molar-refractivity contribution in [2.75, 3.05) is 0 Å². The fourth-order valence-corrected chi connectivity index (χ4v) is 1.01. The van der Waals surface area contributed by atoms with Gasteiger partial charge in [0.25, 0.3) is 0 Å². The van der Waals surface area contributed by atoms with Crippen LogP contribution >= 0.6 is 0 Å². The van der Waals surface area contributed by atoms with E-state index in [9.17, 15) is 9.59 Å². The summed E-state index contributed by atoms with van der Waals surface area (Å²) >= 11 is 0. The van der Waals surface area contributed by atoms with E-state index in [2.05, 4.69) is 0 Å². The van der Waals surface area contributed by atoms with Gasteiger partial charge in [0.2, 0.25) is 0 Å². The van der Waals surface area contributed by atoms with Crippen LogP contribution in [0.2, 0.25) is 0 Å². The molecule has 19 heavy (non-hydrogen) atoms. The second kappa shape index (κ2) is 14.3. The van der Waals surface area contributed by atoms with Gasteiger partial charge in [-0.05, 0) is 0 Å². The molecular weight excluding hydrogens is 291 g/mol. The Bertz CT molecular complexity index is 388. The smallest absolute Gasteiger partial charge is 0.376 e. The van der Waals surface area contributed by atoms with Gasteiger partial charge in [0, 0.05) is 0 Å². The standard InChI is InChI=1S/2C7H5O.Co.H2O2/c2*8-6-7-4-2-1-3-5-7;;1-2/h2*1-5H;;1-2H/q2*-1;+2;. The number of carbonyl (C=O) groups excluding carboxylic acids is 2. The van der Waals surface area contributed by atoms with Crippen LogP contribution in [0.5, 0.6) is 0 Å². The fraction of sp³-hybridized carbons (Fsp3) is 0. The Kier molecular flexibility index (Phi) is 14.7. The molecule has 0 aliphatic heterocycles. The quantitative estimate of drug-likeness (QED) is 0.507. The molecule has 1 radical (unpaired) electrons. The Morgan fingerprint density at radius 1 is 0.632 bits per heavy atom. The van der Waals surface area contributed by atoms with E-state index in [1.54, 1.807) is 61.1 Å². The first-order valence-corrected chi connectivity index (χ1v) is 4.93. The SMILES string of the molecule is O=[C-]c1ccccc1.O=[C-]c1ccccc1.OO.[Co+2]. The van der Waals surface area contributed by atoms with Crippen molar-refractivity contribution in [3.05, 3.63) is 71.8 Å². The van der Waals surface area contributed by atoms with E-state index in [0.29, 0.717) is 11.1 Å². The molecule has 2 aromatic rings. The van der Waals surface area contributed by atoms with Crippen LogP contribution in [-0.2, 0) is 26.4 Å². The van der Waals surface area contributed by atoms with Crippen molar-refractivity contribution in [1.82, 2.24) is 0 Å². The summed E-state index contributed by atoms with van der Waals surface area (Å²) in [6, 6.07) is 17.8. The molecular formula is C14H12CoO4. The maximum atomic E-state index is 9.88. The Morgan fingerprint density at radius 3 is 1.05 bits per heavy atom. The van der Waals surface area contributed by atoms with Gasteiger partial charge in [-0.2, -0.15) is 35.4 Å². The fourth-order valence-electron chi connectivity index (χ4n) is 1.01. The van der Waals surface area contributed by atoms with Crippen molar-refractivity contribution in [1.29, 1.82) is 0 Å². The molecule has 101 valence electrons. The summed E-state index contributed by atoms with van der Waals surface area (Å²) in [6.45, 7) is 0. The van der Waals surface area contributed by atoms with Crippen LogP contribution < -0.4 is 0 Å². The van der Waals surface area contributed by atoms with Crippen molar-refractivity contribution < 1.29 is 36.9 Å². The van der Waals surface area contributed by atoms with Gasteiger partial charge in [-0.3, -0.25) is 10.5 Å². The monoisotopic (exact) mass is 303 g/mol. The molecule has 0 saturated carbocycles. The average molecular weight is 303 g/mol. The zero-order valence-corrected chi connectivity index (χ0v) is 10.9. The zero-order valence-electron chi connectivity index (χ0n) is 9.82. The topological polar surface area (TPSA) is 74.6 Å². The third-order valence-corrected chi connectivity index (χ3v) is 1.78. The number of hydrogen-bond donors (Lipinski definition) is 2. The minimum absolute atomic E-state index is 0. The first kappa shape index (κ1) is 19.5. The zero-order chi connectivity index (χ0) is 13.6. The molecule has 0 fully saturated rings. The molecule has 0 aliphatic rings. The van der Waals surface area contributed by atoms with Crippen molar-refractivity contribution in [3.8, 4) is 0 Å². The maximum Gasteiger partial charge on any atom is 2.00 e. The van der Waals surface area contributed by atoms with Gasteiger partial charge in [0.1, 0.15) is 0 Å². The van der Waals surface area contributed by atoms with Gasteiger partial charge in [-0.25, -0.2) is 0 Å². The predicted octanol–water partition coefficient (Wildman–Crippen LogP) is 2.30. The molecule has 5 heteroatoms. The molecule has 0 heterocycles. The summed E-state index contributed by atoms with van der Waals surface area (Å²) in [5.74, 6) is 0. The Morgan fingerprint density at radius 2 is 0.895 bits per heavy atom. The third kappa shape index (κ3) is 9.87. The van der Waals surface area contributed by atoms with Crippen LogP contribution in [0.3, 0.4) is 0 Å². The second-order valence-corrected chi connectivity index (χ2v) is 2.94. The largest absolute Gasteiger partial charge is 2.00 e. The van der Waals surface area contributed by atoms with Gasteiger partial charge < -0.3 is 9.59 Å². The maximum absolute atomic E-state index is 9.88. The number of benzene rings is 2. The molecule has 4 nitrogen and oxygen atoms in total. The number of rotatable bonds is 2. The van der Waals surface area contributed by atoms with E-state index in [-0.39, 0.29) is 16.8 Å². The third-order valence-electron chi connectivity index (χ3n) is 1.78. The van der Waals surface area contributed by atoms with Gasteiger partial charge >= 0.3 is 16.8 Å². The molecule has 0 spiro atoms. The normalized spacial score (nSPS) is 7.47. The molecule has 2 rings (SSSR count). The van der Waals surface area contributed by atoms with E-state index in [1.807, 2.05) is 12.1 Å². The van der Waals surface area contributed by atoms with Crippen molar-refractivity contribution >= 4 is 12.6 Å². The number of hydrogen-bond acceptors (Lipinski definition) is 4. The summed E-state index contributed by atoms with van der Waals surface area (Å²) in [7, 11) is 0. The van der Waals surface area contributed by atoms with Gasteiger partial charge in [-0.1, -0.05) is 12.1 Å². The molecule has 0 aromatic heterocycles. The minimum Gasteiger partial charge on any atom is -0.376 e. The van der Waals surface area contributed by atoms with Gasteiger partial charge in [0.15, 0.2) is 0 Å². The first-order valence-electron chi connectivity index (χ1n) is 4.93. The van der Waals surface area contributed by atoms with E-state index in [1.165, 1.54) is 0 Å². The van der Waals surface area contributed by atoms with E-state index < -0.39 is 0 Å². The molecule has 0 bridgehead atoms. The second-order valence-electron chi connectivity index (χ2n) is 2.94. The average Bonchev–Trinajstić information content (AvgIpc) is 2.51. The van der Waals surface area contributed by atoms with Crippen molar-refractivity contribution in [3.63, 3.8) is 0 Å². The van der Waals surface area contributed by atoms with Crippen LogP contribution in [-0.4, -0.2) is 23.1 Å². The Balaban J connectivity index is 0. The molecule has 2 N–H and O–H groups in total. The first-order chi connectivity index (χ1) is 8.86. The Hall–Kier alpha value is -1.79. The van der Waals surface area contributed by atoms with Gasteiger partial charge in [0.05, 0.1) is 12.6 Å². The molecule has 0 aliphatic carbocycles. The van der Waals surface area contributed by atoms with Crippen LogP contribution in [0.1, 0.15) is 11.1 Å².